The summed E-state index contributed by atoms with van der Waals surface area (Å²) in [4.78, 5) is 14.0. The van der Waals surface area contributed by atoms with Gasteiger partial charge >= 0.3 is 0 Å². The molecule has 1 aliphatic carbocycles. The van der Waals surface area contributed by atoms with Crippen molar-refractivity contribution in [2.45, 2.75) is 44.6 Å². The van der Waals surface area contributed by atoms with Gasteiger partial charge < -0.3 is 10.2 Å². The fourth-order valence-corrected chi connectivity index (χ4v) is 5.77. The largest absolute Gasteiger partial charge is 0.371 e. The minimum atomic E-state index is -0.216. The molecule has 0 bridgehead atoms. The Bertz CT molecular complexity index is 1050. The molecule has 1 aromatic carbocycles. The summed E-state index contributed by atoms with van der Waals surface area (Å²) >= 11 is 1.84. The van der Waals surface area contributed by atoms with Crippen molar-refractivity contribution < 1.29 is 4.39 Å². The second-order valence-corrected chi connectivity index (χ2v) is 9.06. The summed E-state index contributed by atoms with van der Waals surface area (Å²) in [6.07, 6.45) is 8.56. The number of likely N-dealkylation sites (tertiary alicyclic amines) is 1. The number of hydrogen-bond donors (Lipinski definition) is 1. The Morgan fingerprint density at radius 1 is 1.17 bits per heavy atom. The molecule has 5 rings (SSSR count). The Kier molecular flexibility index (Phi) is 4.96. The van der Waals surface area contributed by atoms with Gasteiger partial charge in [-0.2, -0.15) is 0 Å². The molecule has 0 saturated carbocycles. The van der Waals surface area contributed by atoms with Gasteiger partial charge in [-0.25, -0.2) is 14.4 Å². The zero-order valence-electron chi connectivity index (χ0n) is 16.5. The fraction of sp³-hybridized carbons (Fsp3) is 0.391. The molecule has 150 valence electrons. The highest BCUT2D eigenvalue weighted by molar-refractivity contribution is 7.19. The van der Waals surface area contributed by atoms with Crippen LogP contribution in [-0.4, -0.2) is 34.0 Å². The van der Waals surface area contributed by atoms with Gasteiger partial charge in [0.25, 0.3) is 0 Å². The molecule has 2 aromatic heterocycles. The molecule has 1 fully saturated rings. The summed E-state index contributed by atoms with van der Waals surface area (Å²) in [7, 11) is 0. The maximum Gasteiger partial charge on any atom is 0.138 e. The molecule has 1 aliphatic heterocycles. The van der Waals surface area contributed by atoms with E-state index in [1.807, 2.05) is 17.4 Å². The topological polar surface area (TPSA) is 41.0 Å². The maximum absolute atomic E-state index is 13.5. The van der Waals surface area contributed by atoms with Gasteiger partial charge in [0.15, 0.2) is 0 Å². The van der Waals surface area contributed by atoms with Crippen molar-refractivity contribution in [2.24, 2.45) is 0 Å². The summed E-state index contributed by atoms with van der Waals surface area (Å²) in [6.45, 7) is 6.01. The number of hydrogen-bond acceptors (Lipinski definition) is 5. The number of aromatic nitrogens is 2. The monoisotopic (exact) mass is 408 g/mol. The quantitative estimate of drug-likeness (QED) is 0.640. The molecule has 2 aliphatic rings. The van der Waals surface area contributed by atoms with Crippen LogP contribution in [0.1, 0.15) is 41.7 Å². The molecule has 0 atom stereocenters. The molecule has 6 heteroatoms. The van der Waals surface area contributed by atoms with E-state index in [0.717, 1.165) is 54.3 Å². The molecule has 3 heterocycles. The van der Waals surface area contributed by atoms with E-state index in [1.54, 1.807) is 18.5 Å². The van der Waals surface area contributed by atoms with Gasteiger partial charge in [-0.3, -0.25) is 0 Å². The molecule has 3 aromatic rings. The molecule has 4 nitrogen and oxygen atoms in total. The van der Waals surface area contributed by atoms with Crippen LogP contribution in [0.4, 0.5) is 10.2 Å². The van der Waals surface area contributed by atoms with Crippen LogP contribution in [0.25, 0.3) is 15.9 Å². The summed E-state index contributed by atoms with van der Waals surface area (Å²) in [5, 5.41) is 4.96. The van der Waals surface area contributed by atoms with Gasteiger partial charge in [0.2, 0.25) is 0 Å². The van der Waals surface area contributed by atoms with E-state index in [1.165, 1.54) is 41.2 Å². The van der Waals surface area contributed by atoms with E-state index in [4.69, 9.17) is 0 Å². The van der Waals surface area contributed by atoms with Crippen molar-refractivity contribution in [1.29, 1.82) is 0 Å². The number of fused-ring (bicyclic) bond motifs is 3. The second-order valence-electron chi connectivity index (χ2n) is 7.98. The van der Waals surface area contributed by atoms with Crippen LogP contribution in [0.15, 0.2) is 37.2 Å². The Morgan fingerprint density at radius 2 is 2.00 bits per heavy atom. The molecule has 0 spiro atoms. The molecular weight excluding hydrogens is 383 g/mol. The SMILES string of the molecule is C=C(c1cccc(F)c1)N1CCC(Nc2ncnc3sc4c(c23)CCCC4)CC1. The molecule has 0 amide bonds. The first kappa shape index (κ1) is 18.6. The summed E-state index contributed by atoms with van der Waals surface area (Å²) < 4.78 is 13.5. The number of thiophene rings is 1. The van der Waals surface area contributed by atoms with Crippen LogP contribution in [0, 0.1) is 5.82 Å². The molecule has 0 unspecified atom stereocenters. The third-order valence-corrected chi connectivity index (χ3v) is 7.33. The normalized spacial score (nSPS) is 17.3. The average Bonchev–Trinajstić information content (AvgIpc) is 3.13. The third kappa shape index (κ3) is 3.62. The first-order valence-corrected chi connectivity index (χ1v) is 11.2. The number of piperidine rings is 1. The number of halogens is 1. The van der Waals surface area contributed by atoms with Crippen molar-refractivity contribution in [3.63, 3.8) is 0 Å². The average molecular weight is 409 g/mol. The van der Waals surface area contributed by atoms with Crippen molar-refractivity contribution in [3.8, 4) is 0 Å². The fourth-order valence-electron chi connectivity index (χ4n) is 4.54. The Hall–Kier alpha value is -2.47. The molecular formula is C23H25FN4S. The van der Waals surface area contributed by atoms with E-state index >= 15 is 0 Å². The van der Waals surface area contributed by atoms with Gasteiger partial charge in [0, 0.05) is 35.3 Å². The zero-order valence-corrected chi connectivity index (χ0v) is 17.3. The first-order valence-electron chi connectivity index (χ1n) is 10.4. The number of nitrogens with one attached hydrogen (secondary N) is 1. The number of nitrogens with zero attached hydrogens (tertiary/aromatic N) is 3. The van der Waals surface area contributed by atoms with E-state index in [2.05, 4.69) is 26.8 Å². The molecule has 1 N–H and O–H groups in total. The van der Waals surface area contributed by atoms with E-state index in [9.17, 15) is 4.39 Å². The Morgan fingerprint density at radius 3 is 2.83 bits per heavy atom. The van der Waals surface area contributed by atoms with Crippen LogP contribution >= 0.6 is 11.3 Å². The van der Waals surface area contributed by atoms with Gasteiger partial charge in [0.1, 0.15) is 22.8 Å². The van der Waals surface area contributed by atoms with Crippen LogP contribution in [0.3, 0.4) is 0 Å². The number of aryl methyl sites for hydroxylation is 2. The highest BCUT2D eigenvalue weighted by atomic mass is 32.1. The highest BCUT2D eigenvalue weighted by Crippen LogP contribution is 2.38. The lowest BCUT2D eigenvalue weighted by atomic mass is 9.96. The maximum atomic E-state index is 13.5. The predicted octanol–water partition coefficient (Wildman–Crippen LogP) is 5.26. The Balaban J connectivity index is 1.29. The van der Waals surface area contributed by atoms with E-state index in [0.29, 0.717) is 6.04 Å². The summed E-state index contributed by atoms with van der Waals surface area (Å²) in [6, 6.07) is 7.07. The lowest BCUT2D eigenvalue weighted by Gasteiger charge is -2.35. The summed E-state index contributed by atoms with van der Waals surface area (Å²) in [5.74, 6) is 0.781. The van der Waals surface area contributed by atoms with E-state index < -0.39 is 0 Å². The van der Waals surface area contributed by atoms with Crippen LogP contribution < -0.4 is 5.32 Å². The second kappa shape index (κ2) is 7.75. The number of benzene rings is 1. The molecule has 1 saturated heterocycles. The van der Waals surface area contributed by atoms with Gasteiger partial charge in [-0.1, -0.05) is 18.7 Å². The number of anilines is 1. The van der Waals surface area contributed by atoms with Crippen LogP contribution in [0.2, 0.25) is 0 Å². The molecule has 0 radical (unpaired) electrons. The van der Waals surface area contributed by atoms with Crippen molar-refractivity contribution in [3.05, 3.63) is 59.0 Å². The molecule has 29 heavy (non-hydrogen) atoms. The lowest BCUT2D eigenvalue weighted by molar-refractivity contribution is 0.309. The van der Waals surface area contributed by atoms with Crippen LogP contribution in [0.5, 0.6) is 0 Å². The van der Waals surface area contributed by atoms with Gasteiger partial charge in [-0.15, -0.1) is 11.3 Å². The highest BCUT2D eigenvalue weighted by Gasteiger charge is 2.24. The first-order chi connectivity index (χ1) is 14.2. The van der Waals surface area contributed by atoms with Gasteiger partial charge in [-0.05, 0) is 56.2 Å². The zero-order chi connectivity index (χ0) is 19.8. The predicted molar refractivity (Wildman–Crippen MR) is 118 cm³/mol. The standard InChI is InChI=1S/C23H25FN4S/c1-15(16-5-4-6-17(24)13-16)28-11-9-18(10-12-28)27-22-21-19-7-2-3-8-20(19)29-23(21)26-14-25-22/h4-6,13-14,18H,1-3,7-12H2,(H,25,26,27). The van der Waals surface area contributed by atoms with Crippen LogP contribution in [-0.2, 0) is 12.8 Å². The number of rotatable bonds is 4. The minimum Gasteiger partial charge on any atom is -0.371 e. The third-order valence-electron chi connectivity index (χ3n) is 6.13. The summed E-state index contributed by atoms with van der Waals surface area (Å²) in [5.41, 5.74) is 3.23. The van der Waals surface area contributed by atoms with Crippen molar-refractivity contribution >= 4 is 33.1 Å². The van der Waals surface area contributed by atoms with Crippen molar-refractivity contribution in [2.75, 3.05) is 18.4 Å². The minimum absolute atomic E-state index is 0.216. The van der Waals surface area contributed by atoms with Gasteiger partial charge in [0.05, 0.1) is 5.39 Å². The van der Waals surface area contributed by atoms with Crippen molar-refractivity contribution in [1.82, 2.24) is 14.9 Å². The Labute approximate surface area is 174 Å². The smallest absolute Gasteiger partial charge is 0.138 e. The lowest BCUT2D eigenvalue weighted by Crippen LogP contribution is -2.38. The van der Waals surface area contributed by atoms with E-state index in [-0.39, 0.29) is 5.82 Å².